The normalized spacial score (nSPS) is 10.8. The highest BCUT2D eigenvalue weighted by atomic mass is 16.2. The average molecular weight is 276 g/mol. The van der Waals surface area contributed by atoms with Crippen molar-refractivity contribution in [1.82, 2.24) is 19.0 Å². The van der Waals surface area contributed by atoms with E-state index in [-0.39, 0.29) is 17.2 Å². The molecule has 2 heterocycles. The Labute approximate surface area is 115 Å². The van der Waals surface area contributed by atoms with Gasteiger partial charge in [-0.2, -0.15) is 0 Å². The first kappa shape index (κ1) is 14.0. The van der Waals surface area contributed by atoms with Crippen molar-refractivity contribution in [1.29, 1.82) is 0 Å². The molecule has 0 bridgehead atoms. The number of nitrogens with zero attached hydrogens (tertiary/aromatic N) is 4. The molecule has 0 aliphatic rings. The van der Waals surface area contributed by atoms with Gasteiger partial charge in [-0.15, -0.1) is 0 Å². The molecule has 7 heteroatoms. The standard InChI is InChI=1S/C13H16N4O3/c1-5-15(2)12(19)9-7-6-8-10(14-9)16(3)13(20)17(4)11(8)18/h6-7H,5H2,1-4H3. The number of aryl methyl sites for hydroxylation is 1. The number of carbonyl (C=O) groups excluding carboxylic acids is 1. The first-order valence-corrected chi connectivity index (χ1v) is 6.20. The third-order valence-electron chi connectivity index (χ3n) is 3.34. The van der Waals surface area contributed by atoms with Crippen LogP contribution in [0.2, 0.25) is 0 Å². The van der Waals surface area contributed by atoms with Crippen LogP contribution in [-0.4, -0.2) is 38.5 Å². The number of hydrogen-bond acceptors (Lipinski definition) is 4. The summed E-state index contributed by atoms with van der Waals surface area (Å²) in [5.41, 5.74) is -0.458. The first-order valence-electron chi connectivity index (χ1n) is 6.20. The van der Waals surface area contributed by atoms with Gasteiger partial charge in [0.15, 0.2) is 0 Å². The van der Waals surface area contributed by atoms with Gasteiger partial charge >= 0.3 is 5.69 Å². The molecule has 0 saturated heterocycles. The van der Waals surface area contributed by atoms with Crippen LogP contribution in [0.25, 0.3) is 11.0 Å². The SMILES string of the molecule is CCN(C)C(=O)c1ccc2c(=O)n(C)c(=O)n(C)c2n1. The number of rotatable bonds is 2. The lowest BCUT2D eigenvalue weighted by atomic mass is 10.2. The fourth-order valence-electron chi connectivity index (χ4n) is 1.91. The minimum atomic E-state index is -0.469. The van der Waals surface area contributed by atoms with E-state index in [2.05, 4.69) is 4.98 Å². The molecule has 1 amide bonds. The minimum Gasteiger partial charge on any atom is -0.341 e. The van der Waals surface area contributed by atoms with Gasteiger partial charge in [0.25, 0.3) is 11.5 Å². The zero-order valence-electron chi connectivity index (χ0n) is 11.9. The van der Waals surface area contributed by atoms with Crippen molar-refractivity contribution in [3.8, 4) is 0 Å². The van der Waals surface area contributed by atoms with E-state index in [0.29, 0.717) is 11.9 Å². The third kappa shape index (κ3) is 2.01. The van der Waals surface area contributed by atoms with Crippen LogP contribution < -0.4 is 11.2 Å². The molecule has 106 valence electrons. The van der Waals surface area contributed by atoms with Crippen LogP contribution in [0.4, 0.5) is 0 Å². The zero-order chi connectivity index (χ0) is 15.0. The highest BCUT2D eigenvalue weighted by molar-refractivity contribution is 5.94. The largest absolute Gasteiger partial charge is 0.341 e. The molecule has 0 aromatic carbocycles. The summed E-state index contributed by atoms with van der Waals surface area (Å²) in [6.45, 7) is 2.40. The first-order chi connectivity index (χ1) is 9.38. The summed E-state index contributed by atoms with van der Waals surface area (Å²) in [5, 5.41) is 0.310. The number of pyridine rings is 1. The highest BCUT2D eigenvalue weighted by Crippen LogP contribution is 2.08. The van der Waals surface area contributed by atoms with E-state index in [1.807, 2.05) is 6.92 Å². The van der Waals surface area contributed by atoms with Gasteiger partial charge in [-0.25, -0.2) is 9.78 Å². The van der Waals surface area contributed by atoms with Gasteiger partial charge < -0.3 is 4.90 Å². The lowest BCUT2D eigenvalue weighted by molar-refractivity contribution is 0.0797. The van der Waals surface area contributed by atoms with Crippen molar-refractivity contribution in [2.24, 2.45) is 14.1 Å². The van der Waals surface area contributed by atoms with Crippen LogP contribution in [0.1, 0.15) is 17.4 Å². The van der Waals surface area contributed by atoms with Gasteiger partial charge in [-0.3, -0.25) is 18.7 Å². The quantitative estimate of drug-likeness (QED) is 0.756. The van der Waals surface area contributed by atoms with Crippen LogP contribution in [0, 0.1) is 0 Å². The Morgan fingerprint density at radius 3 is 2.50 bits per heavy atom. The Kier molecular flexibility index (Phi) is 3.44. The second-order valence-electron chi connectivity index (χ2n) is 4.59. The molecule has 0 aliphatic heterocycles. The molecule has 2 aromatic rings. The monoisotopic (exact) mass is 276 g/mol. The maximum absolute atomic E-state index is 12.1. The second-order valence-corrected chi connectivity index (χ2v) is 4.59. The van der Waals surface area contributed by atoms with Gasteiger partial charge in [0.05, 0.1) is 5.39 Å². The molecule has 0 radical (unpaired) electrons. The summed E-state index contributed by atoms with van der Waals surface area (Å²) in [6, 6.07) is 3.03. The third-order valence-corrected chi connectivity index (χ3v) is 3.34. The molecular formula is C13H16N4O3. The van der Waals surface area contributed by atoms with Crippen LogP contribution in [0.15, 0.2) is 21.7 Å². The van der Waals surface area contributed by atoms with Gasteiger partial charge in [0.2, 0.25) is 0 Å². The van der Waals surface area contributed by atoms with Crippen LogP contribution in [-0.2, 0) is 14.1 Å². The molecule has 20 heavy (non-hydrogen) atoms. The number of fused-ring (bicyclic) bond motifs is 1. The number of aromatic nitrogens is 3. The highest BCUT2D eigenvalue weighted by Gasteiger charge is 2.15. The van der Waals surface area contributed by atoms with Crippen molar-refractivity contribution >= 4 is 16.9 Å². The van der Waals surface area contributed by atoms with E-state index in [4.69, 9.17) is 0 Å². The topological polar surface area (TPSA) is 77.2 Å². The lowest BCUT2D eigenvalue weighted by Gasteiger charge is -2.14. The van der Waals surface area contributed by atoms with Crippen LogP contribution in [0.5, 0.6) is 0 Å². The summed E-state index contributed by atoms with van der Waals surface area (Å²) in [4.78, 5) is 41.6. The Balaban J connectivity index is 2.76. The number of carbonyl (C=O) groups is 1. The fraction of sp³-hybridized carbons (Fsp3) is 0.385. The van der Waals surface area contributed by atoms with E-state index in [0.717, 1.165) is 4.57 Å². The van der Waals surface area contributed by atoms with Crippen molar-refractivity contribution in [2.75, 3.05) is 13.6 Å². The molecular weight excluding hydrogens is 260 g/mol. The molecule has 0 N–H and O–H groups in total. The minimum absolute atomic E-state index is 0.213. The molecule has 0 fully saturated rings. The fourth-order valence-corrected chi connectivity index (χ4v) is 1.91. The summed E-state index contributed by atoms with van der Waals surface area (Å²) < 4.78 is 2.28. The molecule has 0 saturated carbocycles. The number of amides is 1. The Hall–Kier alpha value is -2.44. The number of hydrogen-bond donors (Lipinski definition) is 0. The Morgan fingerprint density at radius 1 is 1.25 bits per heavy atom. The predicted octanol–water partition coefficient (Wildman–Crippen LogP) is -0.276. The summed E-state index contributed by atoms with van der Waals surface area (Å²) in [7, 11) is 4.60. The summed E-state index contributed by atoms with van der Waals surface area (Å²) in [5.74, 6) is -0.248. The molecule has 0 atom stereocenters. The zero-order valence-corrected chi connectivity index (χ0v) is 11.9. The molecule has 0 spiro atoms. The predicted molar refractivity (Wildman–Crippen MR) is 74.9 cm³/mol. The van der Waals surface area contributed by atoms with Crippen LogP contribution in [0.3, 0.4) is 0 Å². The van der Waals surface area contributed by atoms with Crippen LogP contribution >= 0.6 is 0 Å². The van der Waals surface area contributed by atoms with E-state index >= 15 is 0 Å². The van der Waals surface area contributed by atoms with E-state index in [1.54, 1.807) is 7.05 Å². The van der Waals surface area contributed by atoms with Crippen molar-refractivity contribution in [2.45, 2.75) is 6.92 Å². The Morgan fingerprint density at radius 2 is 1.90 bits per heavy atom. The lowest BCUT2D eigenvalue weighted by Crippen LogP contribution is -2.37. The average Bonchev–Trinajstić information content (AvgIpc) is 2.48. The molecule has 7 nitrogen and oxygen atoms in total. The van der Waals surface area contributed by atoms with E-state index < -0.39 is 11.2 Å². The smallest absolute Gasteiger partial charge is 0.332 e. The van der Waals surface area contributed by atoms with Gasteiger partial charge in [-0.1, -0.05) is 0 Å². The molecule has 2 rings (SSSR count). The van der Waals surface area contributed by atoms with Gasteiger partial charge in [0.1, 0.15) is 11.3 Å². The maximum atomic E-state index is 12.1. The van der Waals surface area contributed by atoms with Crippen molar-refractivity contribution in [3.63, 3.8) is 0 Å². The van der Waals surface area contributed by atoms with E-state index in [9.17, 15) is 14.4 Å². The maximum Gasteiger partial charge on any atom is 0.332 e. The van der Waals surface area contributed by atoms with Crippen molar-refractivity contribution < 1.29 is 4.79 Å². The molecule has 2 aromatic heterocycles. The molecule has 0 unspecified atom stereocenters. The second kappa shape index (κ2) is 4.92. The Bertz CT molecular complexity index is 804. The van der Waals surface area contributed by atoms with Gasteiger partial charge in [0, 0.05) is 27.7 Å². The van der Waals surface area contributed by atoms with Crippen molar-refractivity contribution in [3.05, 3.63) is 38.7 Å². The van der Waals surface area contributed by atoms with Gasteiger partial charge in [-0.05, 0) is 19.1 Å². The van der Waals surface area contributed by atoms with E-state index in [1.165, 1.54) is 35.7 Å². The summed E-state index contributed by atoms with van der Waals surface area (Å²) in [6.07, 6.45) is 0. The summed E-state index contributed by atoms with van der Waals surface area (Å²) >= 11 is 0. The molecule has 0 aliphatic carbocycles.